The average Bonchev–Trinajstić information content (AvgIpc) is 2.70. The van der Waals surface area contributed by atoms with Crippen molar-refractivity contribution in [1.29, 1.82) is 0 Å². The Bertz CT molecular complexity index is 468. The van der Waals surface area contributed by atoms with E-state index in [1.807, 2.05) is 30.5 Å². The zero-order valence-corrected chi connectivity index (χ0v) is 10.6. The summed E-state index contributed by atoms with van der Waals surface area (Å²) in [5, 5.41) is 3.74. The van der Waals surface area contributed by atoms with Crippen molar-refractivity contribution in [3.05, 3.63) is 50.9 Å². The molecule has 2 rings (SSSR count). The lowest BCUT2D eigenvalue weighted by Crippen LogP contribution is -2.13. The normalized spacial score (nSPS) is 12.7. The smallest absolute Gasteiger partial charge is 0.0943 e. The second kappa shape index (κ2) is 4.95. The summed E-state index contributed by atoms with van der Waals surface area (Å²) >= 11 is 7.79. The highest BCUT2D eigenvalue weighted by molar-refractivity contribution is 7.09. The van der Waals surface area contributed by atoms with E-state index in [0.717, 1.165) is 27.6 Å². The van der Waals surface area contributed by atoms with E-state index in [2.05, 4.69) is 4.98 Å². The lowest BCUT2D eigenvalue weighted by Gasteiger charge is -2.12. The van der Waals surface area contributed by atoms with E-state index in [1.165, 1.54) is 0 Å². The standard InChI is InChI=1S/C12H13ClN2S/c1-8-2-3-9(10(13)6-8)11(14)7-12-15-4-5-16-12/h2-6,11H,7,14H2,1H3. The number of halogens is 1. The largest absolute Gasteiger partial charge is 0.324 e. The molecule has 1 aromatic carbocycles. The number of nitrogens with two attached hydrogens (primary N) is 1. The van der Waals surface area contributed by atoms with Crippen LogP contribution in [0, 0.1) is 6.92 Å². The maximum absolute atomic E-state index is 6.17. The Morgan fingerprint density at radius 3 is 2.94 bits per heavy atom. The highest BCUT2D eigenvalue weighted by Gasteiger charge is 2.12. The predicted octanol–water partition coefficient (Wildman–Crippen LogP) is 3.35. The average molecular weight is 253 g/mol. The number of thiazole rings is 1. The van der Waals surface area contributed by atoms with Crippen LogP contribution in [0.1, 0.15) is 22.2 Å². The minimum absolute atomic E-state index is 0.0840. The van der Waals surface area contributed by atoms with E-state index in [-0.39, 0.29) is 6.04 Å². The molecule has 1 unspecified atom stereocenters. The summed E-state index contributed by atoms with van der Waals surface area (Å²) in [6.45, 7) is 2.02. The number of aryl methyl sites for hydroxylation is 1. The third-order valence-corrected chi connectivity index (χ3v) is 3.56. The van der Waals surface area contributed by atoms with E-state index in [1.54, 1.807) is 17.5 Å². The fourth-order valence-corrected chi connectivity index (χ4v) is 2.64. The van der Waals surface area contributed by atoms with Gasteiger partial charge in [0.25, 0.3) is 0 Å². The van der Waals surface area contributed by atoms with E-state index < -0.39 is 0 Å². The molecule has 1 heterocycles. The first-order chi connectivity index (χ1) is 7.66. The molecule has 0 saturated carbocycles. The van der Waals surface area contributed by atoms with Crippen molar-refractivity contribution in [2.75, 3.05) is 0 Å². The summed E-state index contributed by atoms with van der Waals surface area (Å²) in [7, 11) is 0. The molecule has 0 amide bonds. The molecule has 0 fully saturated rings. The molecule has 16 heavy (non-hydrogen) atoms. The summed E-state index contributed by atoms with van der Waals surface area (Å²) in [5.74, 6) is 0. The third kappa shape index (κ3) is 2.61. The number of hydrogen-bond donors (Lipinski definition) is 1. The zero-order valence-electron chi connectivity index (χ0n) is 8.98. The maximum atomic E-state index is 6.17. The van der Waals surface area contributed by atoms with Gasteiger partial charge in [-0.25, -0.2) is 4.98 Å². The molecule has 0 spiro atoms. The monoisotopic (exact) mass is 252 g/mol. The maximum Gasteiger partial charge on any atom is 0.0943 e. The van der Waals surface area contributed by atoms with Crippen LogP contribution in [0.2, 0.25) is 5.02 Å². The van der Waals surface area contributed by atoms with Crippen LogP contribution >= 0.6 is 22.9 Å². The Balaban J connectivity index is 2.17. The van der Waals surface area contributed by atoms with Gasteiger partial charge in [0.05, 0.1) is 5.01 Å². The van der Waals surface area contributed by atoms with Gasteiger partial charge in [-0.2, -0.15) is 0 Å². The quantitative estimate of drug-likeness (QED) is 0.910. The summed E-state index contributed by atoms with van der Waals surface area (Å²) in [6, 6.07) is 5.89. The van der Waals surface area contributed by atoms with Gasteiger partial charge in [-0.3, -0.25) is 0 Å². The van der Waals surface area contributed by atoms with Gasteiger partial charge in [0.15, 0.2) is 0 Å². The summed E-state index contributed by atoms with van der Waals surface area (Å²) in [4.78, 5) is 4.22. The van der Waals surface area contributed by atoms with Crippen molar-refractivity contribution in [2.24, 2.45) is 5.73 Å². The number of hydrogen-bond acceptors (Lipinski definition) is 3. The van der Waals surface area contributed by atoms with Crippen LogP contribution in [0.25, 0.3) is 0 Å². The number of benzene rings is 1. The topological polar surface area (TPSA) is 38.9 Å². The van der Waals surface area contributed by atoms with Crippen molar-refractivity contribution < 1.29 is 0 Å². The van der Waals surface area contributed by atoms with Crippen LogP contribution in [0.15, 0.2) is 29.8 Å². The zero-order chi connectivity index (χ0) is 11.5. The van der Waals surface area contributed by atoms with E-state index in [9.17, 15) is 0 Å². The molecule has 0 radical (unpaired) electrons. The van der Waals surface area contributed by atoms with Crippen molar-refractivity contribution in [3.63, 3.8) is 0 Å². The first-order valence-electron chi connectivity index (χ1n) is 5.07. The molecule has 84 valence electrons. The first kappa shape index (κ1) is 11.6. The molecule has 0 saturated heterocycles. The molecule has 2 N–H and O–H groups in total. The van der Waals surface area contributed by atoms with Crippen molar-refractivity contribution in [2.45, 2.75) is 19.4 Å². The molecule has 0 aliphatic carbocycles. The SMILES string of the molecule is Cc1ccc(C(N)Cc2nccs2)c(Cl)c1. The van der Waals surface area contributed by atoms with Crippen LogP contribution in [-0.4, -0.2) is 4.98 Å². The molecule has 0 bridgehead atoms. The lowest BCUT2D eigenvalue weighted by atomic mass is 10.0. The molecule has 0 aliphatic heterocycles. The highest BCUT2D eigenvalue weighted by atomic mass is 35.5. The van der Waals surface area contributed by atoms with Crippen molar-refractivity contribution in [1.82, 2.24) is 4.98 Å². The number of rotatable bonds is 3. The van der Waals surface area contributed by atoms with Crippen molar-refractivity contribution >= 4 is 22.9 Å². The fourth-order valence-electron chi connectivity index (χ4n) is 1.58. The van der Waals surface area contributed by atoms with Gasteiger partial charge >= 0.3 is 0 Å². The summed E-state index contributed by atoms with van der Waals surface area (Å²) in [6.07, 6.45) is 2.53. The van der Waals surface area contributed by atoms with Gasteiger partial charge in [-0.15, -0.1) is 11.3 Å². The fraction of sp³-hybridized carbons (Fsp3) is 0.250. The van der Waals surface area contributed by atoms with Gasteiger partial charge in [0, 0.05) is 29.1 Å². The Labute approximate surface area is 104 Å². The highest BCUT2D eigenvalue weighted by Crippen LogP contribution is 2.25. The van der Waals surface area contributed by atoms with E-state index in [4.69, 9.17) is 17.3 Å². The second-order valence-corrected chi connectivity index (χ2v) is 5.15. The van der Waals surface area contributed by atoms with Crippen LogP contribution in [0.4, 0.5) is 0 Å². The lowest BCUT2D eigenvalue weighted by molar-refractivity contribution is 0.718. The van der Waals surface area contributed by atoms with Gasteiger partial charge in [0.2, 0.25) is 0 Å². The van der Waals surface area contributed by atoms with Crippen LogP contribution in [0.3, 0.4) is 0 Å². The molecular weight excluding hydrogens is 240 g/mol. The van der Waals surface area contributed by atoms with Crippen LogP contribution < -0.4 is 5.73 Å². The Morgan fingerprint density at radius 1 is 1.50 bits per heavy atom. The molecule has 4 heteroatoms. The van der Waals surface area contributed by atoms with Crippen LogP contribution in [0.5, 0.6) is 0 Å². The molecule has 0 aliphatic rings. The molecule has 2 aromatic rings. The van der Waals surface area contributed by atoms with Gasteiger partial charge in [-0.05, 0) is 24.1 Å². The van der Waals surface area contributed by atoms with E-state index >= 15 is 0 Å². The van der Waals surface area contributed by atoms with E-state index in [0.29, 0.717) is 0 Å². The Hall–Kier alpha value is -0.900. The first-order valence-corrected chi connectivity index (χ1v) is 6.32. The van der Waals surface area contributed by atoms with Crippen LogP contribution in [-0.2, 0) is 6.42 Å². The minimum Gasteiger partial charge on any atom is -0.324 e. The minimum atomic E-state index is -0.0840. The second-order valence-electron chi connectivity index (χ2n) is 3.76. The van der Waals surface area contributed by atoms with Gasteiger partial charge in [0.1, 0.15) is 0 Å². The molecular formula is C12H13ClN2S. The molecule has 2 nitrogen and oxygen atoms in total. The van der Waals surface area contributed by atoms with Gasteiger partial charge < -0.3 is 5.73 Å². The number of aromatic nitrogens is 1. The van der Waals surface area contributed by atoms with Crippen molar-refractivity contribution in [3.8, 4) is 0 Å². The number of nitrogens with zero attached hydrogens (tertiary/aromatic N) is 1. The summed E-state index contributed by atoms with van der Waals surface area (Å²) in [5.41, 5.74) is 8.26. The Kier molecular flexibility index (Phi) is 3.59. The summed E-state index contributed by atoms with van der Waals surface area (Å²) < 4.78 is 0. The third-order valence-electron chi connectivity index (χ3n) is 2.43. The molecule has 1 aromatic heterocycles. The Morgan fingerprint density at radius 2 is 2.31 bits per heavy atom. The van der Waals surface area contributed by atoms with Gasteiger partial charge in [-0.1, -0.05) is 23.7 Å². The molecule has 1 atom stereocenters. The predicted molar refractivity (Wildman–Crippen MR) is 68.9 cm³/mol.